The van der Waals surface area contributed by atoms with E-state index in [-0.39, 0.29) is 18.3 Å². The number of nitrogens with one attached hydrogen (secondary N) is 1. The number of nitrogens with two attached hydrogens (primary N) is 1. The first-order valence-electron chi connectivity index (χ1n) is 4.64. The summed E-state index contributed by atoms with van der Waals surface area (Å²) in [5, 5.41) is 3.30. The molecule has 86 valence electrons. The first-order chi connectivity index (χ1) is 6.63. The van der Waals surface area contributed by atoms with Crippen LogP contribution in [0.5, 0.6) is 0 Å². The molecule has 1 atom stereocenters. The molecule has 15 heavy (non-hydrogen) atoms. The van der Waals surface area contributed by atoms with E-state index in [1.165, 1.54) is 16.2 Å². The Labute approximate surface area is 99.7 Å². The van der Waals surface area contributed by atoms with Crippen molar-refractivity contribution < 1.29 is 4.79 Å². The number of carbonyl (C=O) groups is 1. The first-order valence-corrected chi connectivity index (χ1v) is 5.46. The molecule has 1 rings (SSSR count). The van der Waals surface area contributed by atoms with Crippen molar-refractivity contribution in [1.82, 2.24) is 4.98 Å². The van der Waals surface area contributed by atoms with Gasteiger partial charge in [-0.25, -0.2) is 4.98 Å². The monoisotopic (exact) mass is 249 g/mol. The molecular weight excluding hydrogens is 234 g/mol. The molecule has 1 amide bonds. The van der Waals surface area contributed by atoms with Gasteiger partial charge < -0.3 is 11.1 Å². The molecule has 6 heteroatoms. The Morgan fingerprint density at radius 1 is 1.73 bits per heavy atom. The van der Waals surface area contributed by atoms with Gasteiger partial charge in [0.2, 0.25) is 5.91 Å². The molecule has 0 fully saturated rings. The number of anilines is 1. The lowest BCUT2D eigenvalue weighted by Gasteiger charge is -2.03. The normalized spacial score (nSPS) is 11.7. The second-order valence-corrected chi connectivity index (χ2v) is 4.27. The van der Waals surface area contributed by atoms with Gasteiger partial charge in [0.25, 0.3) is 0 Å². The molecule has 0 saturated carbocycles. The standard InChI is InChI=1S/C9H15N3OS.ClH/c1-3-4-7-5-11-9(14-7)12-8(13)6(2)10;/h5-6H,3-4,10H2,1-2H3,(H,11,12,13);1H/t6-;/m1./s1. The van der Waals surface area contributed by atoms with Crippen LogP contribution in [0.1, 0.15) is 25.1 Å². The molecule has 0 aromatic carbocycles. The Morgan fingerprint density at radius 2 is 2.40 bits per heavy atom. The highest BCUT2D eigenvalue weighted by Gasteiger charge is 2.09. The highest BCUT2D eigenvalue weighted by molar-refractivity contribution is 7.15. The molecule has 1 aromatic heterocycles. The molecule has 1 aromatic rings. The van der Waals surface area contributed by atoms with Crippen molar-refractivity contribution in [2.24, 2.45) is 5.73 Å². The number of aryl methyl sites for hydroxylation is 1. The van der Waals surface area contributed by atoms with Crippen molar-refractivity contribution in [1.29, 1.82) is 0 Å². The Kier molecular flexibility index (Phi) is 6.47. The molecule has 0 bridgehead atoms. The topological polar surface area (TPSA) is 68.0 Å². The Morgan fingerprint density at radius 3 is 2.93 bits per heavy atom. The SMILES string of the molecule is CCCc1cnc(NC(=O)[C@@H](C)N)s1.Cl. The van der Waals surface area contributed by atoms with Gasteiger partial charge >= 0.3 is 0 Å². The van der Waals surface area contributed by atoms with Crippen LogP contribution in [-0.4, -0.2) is 16.9 Å². The molecule has 3 N–H and O–H groups in total. The highest BCUT2D eigenvalue weighted by atomic mass is 35.5. The van der Waals surface area contributed by atoms with Gasteiger partial charge in [0, 0.05) is 11.1 Å². The number of hydrogen-bond acceptors (Lipinski definition) is 4. The maximum absolute atomic E-state index is 11.2. The van der Waals surface area contributed by atoms with Gasteiger partial charge in [0.1, 0.15) is 0 Å². The Hall–Kier alpha value is -0.650. The maximum atomic E-state index is 11.2. The van der Waals surface area contributed by atoms with Gasteiger partial charge in [-0.2, -0.15) is 0 Å². The fraction of sp³-hybridized carbons (Fsp3) is 0.556. The maximum Gasteiger partial charge on any atom is 0.242 e. The van der Waals surface area contributed by atoms with Crippen LogP contribution in [0.3, 0.4) is 0 Å². The summed E-state index contributed by atoms with van der Waals surface area (Å²) in [6, 6.07) is -0.492. The summed E-state index contributed by atoms with van der Waals surface area (Å²) in [4.78, 5) is 16.5. The number of halogens is 1. The number of rotatable bonds is 4. The number of aromatic nitrogens is 1. The predicted molar refractivity (Wildman–Crippen MR) is 65.6 cm³/mol. The van der Waals surface area contributed by atoms with E-state index < -0.39 is 6.04 Å². The minimum atomic E-state index is -0.492. The predicted octanol–water partition coefficient (Wildman–Crippen LogP) is 1.80. The number of hydrogen-bond donors (Lipinski definition) is 2. The molecule has 0 unspecified atom stereocenters. The minimum Gasteiger partial charge on any atom is -0.320 e. The van der Waals surface area contributed by atoms with Crippen LogP contribution >= 0.6 is 23.7 Å². The molecular formula is C9H16ClN3OS. The van der Waals surface area contributed by atoms with Crippen LogP contribution in [0.4, 0.5) is 5.13 Å². The molecule has 4 nitrogen and oxygen atoms in total. The van der Waals surface area contributed by atoms with Crippen LogP contribution in [0.25, 0.3) is 0 Å². The lowest BCUT2D eigenvalue weighted by atomic mass is 10.3. The number of amides is 1. The Bertz CT molecular complexity index is 314. The average molecular weight is 250 g/mol. The van der Waals surface area contributed by atoms with Gasteiger partial charge in [-0.3, -0.25) is 4.79 Å². The van der Waals surface area contributed by atoms with Crippen molar-refractivity contribution in [2.45, 2.75) is 32.7 Å². The van der Waals surface area contributed by atoms with Crippen molar-refractivity contribution in [3.63, 3.8) is 0 Å². The minimum absolute atomic E-state index is 0. The van der Waals surface area contributed by atoms with E-state index in [4.69, 9.17) is 5.73 Å². The van der Waals surface area contributed by atoms with E-state index in [1.54, 1.807) is 13.1 Å². The molecule has 0 saturated heterocycles. The lowest BCUT2D eigenvalue weighted by Crippen LogP contribution is -2.32. The molecule has 0 aliphatic heterocycles. The van der Waals surface area contributed by atoms with E-state index in [1.807, 2.05) is 0 Å². The molecule has 0 aliphatic carbocycles. The van der Waals surface area contributed by atoms with Gasteiger partial charge in [-0.1, -0.05) is 13.3 Å². The summed E-state index contributed by atoms with van der Waals surface area (Å²) in [5.41, 5.74) is 5.41. The quantitative estimate of drug-likeness (QED) is 0.855. The highest BCUT2D eigenvalue weighted by Crippen LogP contribution is 2.19. The second-order valence-electron chi connectivity index (χ2n) is 3.16. The van der Waals surface area contributed by atoms with Gasteiger partial charge in [0.05, 0.1) is 6.04 Å². The van der Waals surface area contributed by atoms with Crippen molar-refractivity contribution in [3.05, 3.63) is 11.1 Å². The first kappa shape index (κ1) is 14.3. The summed E-state index contributed by atoms with van der Waals surface area (Å²) >= 11 is 1.50. The van der Waals surface area contributed by atoms with Gasteiger partial charge in [0.15, 0.2) is 5.13 Å². The number of thiazole rings is 1. The third-order valence-corrected chi connectivity index (χ3v) is 2.67. The fourth-order valence-electron chi connectivity index (χ4n) is 0.947. The molecule has 1 heterocycles. The van der Waals surface area contributed by atoms with Crippen LogP contribution in [0.2, 0.25) is 0 Å². The van der Waals surface area contributed by atoms with E-state index in [9.17, 15) is 4.79 Å². The van der Waals surface area contributed by atoms with Gasteiger partial charge in [-0.15, -0.1) is 23.7 Å². The average Bonchev–Trinajstić information content (AvgIpc) is 2.53. The molecule has 0 aliphatic rings. The summed E-state index contributed by atoms with van der Waals surface area (Å²) in [6.07, 6.45) is 3.89. The largest absolute Gasteiger partial charge is 0.320 e. The zero-order chi connectivity index (χ0) is 10.6. The van der Waals surface area contributed by atoms with Crippen LogP contribution in [0.15, 0.2) is 6.20 Å². The third kappa shape index (κ3) is 4.59. The lowest BCUT2D eigenvalue weighted by molar-refractivity contribution is -0.117. The number of nitrogens with zero attached hydrogens (tertiary/aromatic N) is 1. The van der Waals surface area contributed by atoms with E-state index in [2.05, 4.69) is 17.2 Å². The van der Waals surface area contributed by atoms with Crippen molar-refractivity contribution in [3.8, 4) is 0 Å². The third-order valence-electron chi connectivity index (χ3n) is 1.69. The zero-order valence-electron chi connectivity index (χ0n) is 8.82. The Balaban J connectivity index is 0.00000196. The molecule has 0 radical (unpaired) electrons. The van der Waals surface area contributed by atoms with Crippen LogP contribution in [-0.2, 0) is 11.2 Å². The summed E-state index contributed by atoms with van der Waals surface area (Å²) < 4.78 is 0. The number of carbonyl (C=O) groups excluding carboxylic acids is 1. The summed E-state index contributed by atoms with van der Waals surface area (Å²) in [5.74, 6) is -0.192. The summed E-state index contributed by atoms with van der Waals surface area (Å²) in [7, 11) is 0. The zero-order valence-corrected chi connectivity index (χ0v) is 10.5. The second kappa shape index (κ2) is 6.76. The van der Waals surface area contributed by atoms with Crippen LogP contribution in [0, 0.1) is 0 Å². The summed E-state index contributed by atoms with van der Waals surface area (Å²) in [6.45, 7) is 3.76. The van der Waals surface area contributed by atoms with E-state index >= 15 is 0 Å². The van der Waals surface area contributed by atoms with E-state index in [0.717, 1.165) is 12.8 Å². The van der Waals surface area contributed by atoms with E-state index in [0.29, 0.717) is 5.13 Å². The molecule has 0 spiro atoms. The van der Waals surface area contributed by atoms with Crippen LogP contribution < -0.4 is 11.1 Å². The van der Waals surface area contributed by atoms with Crippen molar-refractivity contribution >= 4 is 34.8 Å². The fourth-order valence-corrected chi connectivity index (χ4v) is 1.86. The van der Waals surface area contributed by atoms with Gasteiger partial charge in [-0.05, 0) is 13.3 Å². The van der Waals surface area contributed by atoms with Crippen molar-refractivity contribution in [2.75, 3.05) is 5.32 Å². The smallest absolute Gasteiger partial charge is 0.242 e.